The van der Waals surface area contributed by atoms with Crippen molar-refractivity contribution in [1.82, 2.24) is 14.0 Å². The van der Waals surface area contributed by atoms with E-state index in [1.807, 2.05) is 0 Å². The molecule has 0 bridgehead atoms. The molecular formula is C23H18Cl2FN3O3S. The van der Waals surface area contributed by atoms with Gasteiger partial charge in [0.15, 0.2) is 0 Å². The van der Waals surface area contributed by atoms with Gasteiger partial charge in [-0.25, -0.2) is 13.8 Å². The zero-order chi connectivity index (χ0) is 24.0. The molecule has 6 nitrogen and oxygen atoms in total. The lowest BCUT2D eigenvalue weighted by Gasteiger charge is -2.13. The molecule has 170 valence electrons. The summed E-state index contributed by atoms with van der Waals surface area (Å²) in [6.45, 7) is 1.67. The first kappa shape index (κ1) is 23.2. The van der Waals surface area contributed by atoms with Crippen molar-refractivity contribution in [2.24, 2.45) is 0 Å². The van der Waals surface area contributed by atoms with Crippen LogP contribution in [0.4, 0.5) is 4.39 Å². The highest BCUT2D eigenvalue weighted by Crippen LogP contribution is 2.30. The van der Waals surface area contributed by atoms with Crippen LogP contribution < -0.4 is 11.2 Å². The maximum Gasteiger partial charge on any atom is 0.337 e. The third kappa shape index (κ3) is 4.10. The van der Waals surface area contributed by atoms with Crippen molar-refractivity contribution in [3.8, 4) is 5.69 Å². The van der Waals surface area contributed by atoms with Gasteiger partial charge in [-0.15, -0.1) is 11.3 Å². The minimum absolute atomic E-state index is 0.0160. The molecule has 0 N–H and O–H groups in total. The summed E-state index contributed by atoms with van der Waals surface area (Å²) in [6.07, 6.45) is 0. The van der Waals surface area contributed by atoms with E-state index in [-0.39, 0.29) is 22.9 Å². The Morgan fingerprint density at radius 1 is 1.09 bits per heavy atom. The number of rotatable bonds is 4. The van der Waals surface area contributed by atoms with Crippen LogP contribution in [0.2, 0.25) is 10.0 Å². The third-order valence-electron chi connectivity index (χ3n) is 5.24. The van der Waals surface area contributed by atoms with E-state index in [4.69, 9.17) is 23.2 Å². The molecule has 0 aliphatic rings. The Morgan fingerprint density at radius 2 is 1.76 bits per heavy atom. The lowest BCUT2D eigenvalue weighted by Crippen LogP contribution is -2.39. The van der Waals surface area contributed by atoms with Crippen LogP contribution >= 0.6 is 34.5 Å². The molecule has 0 spiro atoms. The fourth-order valence-corrected chi connectivity index (χ4v) is 5.20. The second kappa shape index (κ2) is 8.78. The molecule has 33 heavy (non-hydrogen) atoms. The van der Waals surface area contributed by atoms with Crippen molar-refractivity contribution < 1.29 is 9.18 Å². The predicted octanol–water partition coefficient (Wildman–Crippen LogP) is 4.72. The van der Waals surface area contributed by atoms with Gasteiger partial charge in [-0.3, -0.25) is 14.2 Å². The Hall–Kier alpha value is -2.94. The maximum atomic E-state index is 13.6. The number of aryl methyl sites for hydroxylation is 1. The number of thiophene rings is 1. The minimum atomic E-state index is -0.611. The SMILES string of the molecule is Cc1c(C(=O)N(C)C)sc2c1c(=O)n(-c1ccc(Cl)cc1)c(=O)n2Cc1ccc(F)cc1Cl. The Balaban J connectivity index is 2.08. The van der Waals surface area contributed by atoms with Crippen molar-refractivity contribution in [2.75, 3.05) is 14.1 Å². The summed E-state index contributed by atoms with van der Waals surface area (Å²) < 4.78 is 16.0. The monoisotopic (exact) mass is 505 g/mol. The highest BCUT2D eigenvalue weighted by Gasteiger charge is 2.25. The van der Waals surface area contributed by atoms with Gasteiger partial charge in [0.25, 0.3) is 11.5 Å². The van der Waals surface area contributed by atoms with Gasteiger partial charge < -0.3 is 4.90 Å². The number of benzene rings is 2. The molecule has 0 radical (unpaired) electrons. The maximum absolute atomic E-state index is 13.6. The smallest absolute Gasteiger partial charge is 0.337 e. The molecule has 2 heterocycles. The summed E-state index contributed by atoms with van der Waals surface area (Å²) in [7, 11) is 3.23. The summed E-state index contributed by atoms with van der Waals surface area (Å²) in [4.78, 5) is 41.9. The summed E-state index contributed by atoms with van der Waals surface area (Å²) in [5, 5.41) is 0.868. The summed E-state index contributed by atoms with van der Waals surface area (Å²) >= 11 is 13.3. The van der Waals surface area contributed by atoms with Gasteiger partial charge in [0.2, 0.25) is 0 Å². The summed E-state index contributed by atoms with van der Waals surface area (Å²) in [6, 6.07) is 10.2. The lowest BCUT2D eigenvalue weighted by atomic mass is 10.2. The number of halogens is 3. The van der Waals surface area contributed by atoms with E-state index in [0.717, 1.165) is 22.0 Å². The molecule has 0 atom stereocenters. The average molecular weight is 506 g/mol. The zero-order valence-corrected chi connectivity index (χ0v) is 20.2. The predicted molar refractivity (Wildman–Crippen MR) is 130 cm³/mol. The second-order valence-electron chi connectivity index (χ2n) is 7.66. The number of aromatic nitrogens is 2. The van der Waals surface area contributed by atoms with Crippen LogP contribution in [0.1, 0.15) is 20.8 Å². The van der Waals surface area contributed by atoms with Crippen molar-refractivity contribution in [3.05, 3.63) is 95.2 Å². The largest absolute Gasteiger partial charge is 0.344 e. The van der Waals surface area contributed by atoms with Crippen LogP contribution in [0.15, 0.2) is 52.1 Å². The van der Waals surface area contributed by atoms with Gasteiger partial charge in [-0.1, -0.05) is 29.3 Å². The van der Waals surface area contributed by atoms with Gasteiger partial charge in [-0.05, 0) is 54.4 Å². The van der Waals surface area contributed by atoms with Crippen molar-refractivity contribution in [1.29, 1.82) is 0 Å². The molecule has 0 saturated carbocycles. The summed E-state index contributed by atoms with van der Waals surface area (Å²) in [5.74, 6) is -0.775. The normalized spacial score (nSPS) is 11.2. The quantitative estimate of drug-likeness (QED) is 0.403. The topological polar surface area (TPSA) is 64.3 Å². The second-order valence-corrected chi connectivity index (χ2v) is 9.50. The Kier molecular flexibility index (Phi) is 6.18. The first-order chi connectivity index (χ1) is 15.6. The van der Waals surface area contributed by atoms with Gasteiger partial charge in [0, 0.05) is 24.1 Å². The van der Waals surface area contributed by atoms with Crippen LogP contribution in [-0.4, -0.2) is 34.0 Å². The molecule has 2 aromatic heterocycles. The van der Waals surface area contributed by atoms with E-state index in [1.54, 1.807) is 45.3 Å². The number of nitrogens with zero attached hydrogens (tertiary/aromatic N) is 3. The molecule has 2 aromatic carbocycles. The molecule has 4 rings (SSSR count). The first-order valence-corrected chi connectivity index (χ1v) is 11.4. The Labute approximate surface area is 202 Å². The fraction of sp³-hybridized carbons (Fsp3) is 0.174. The standard InChI is InChI=1S/C23H18Cl2FN3O3S/c1-12-18-20(30)29(16-8-5-14(24)6-9-16)23(32)28(11-13-4-7-15(26)10-17(13)25)22(18)33-19(12)21(31)27(2)3/h4-10H,11H2,1-3H3. The molecule has 0 aliphatic heterocycles. The van der Waals surface area contributed by atoms with Crippen LogP contribution in [0.3, 0.4) is 0 Å². The molecule has 0 fully saturated rings. The number of carbonyl (C=O) groups excluding carboxylic acids is 1. The molecular weight excluding hydrogens is 488 g/mol. The Bertz CT molecular complexity index is 1520. The van der Waals surface area contributed by atoms with E-state index in [9.17, 15) is 18.8 Å². The highest BCUT2D eigenvalue weighted by molar-refractivity contribution is 7.20. The van der Waals surface area contributed by atoms with E-state index >= 15 is 0 Å². The highest BCUT2D eigenvalue weighted by atomic mass is 35.5. The average Bonchev–Trinajstić information content (AvgIpc) is 3.10. The van der Waals surface area contributed by atoms with Gasteiger partial charge in [0.05, 0.1) is 22.5 Å². The molecule has 10 heteroatoms. The van der Waals surface area contributed by atoms with Crippen molar-refractivity contribution >= 4 is 50.7 Å². The first-order valence-electron chi connectivity index (χ1n) is 9.80. The molecule has 4 aromatic rings. The number of hydrogen-bond donors (Lipinski definition) is 0. The van der Waals surface area contributed by atoms with Gasteiger partial charge >= 0.3 is 5.69 Å². The zero-order valence-electron chi connectivity index (χ0n) is 17.9. The van der Waals surface area contributed by atoms with E-state index in [2.05, 4.69) is 0 Å². The van der Waals surface area contributed by atoms with Crippen molar-refractivity contribution in [2.45, 2.75) is 13.5 Å². The van der Waals surface area contributed by atoms with Crippen LogP contribution in [-0.2, 0) is 6.54 Å². The number of hydrogen-bond acceptors (Lipinski definition) is 4. The van der Waals surface area contributed by atoms with Crippen molar-refractivity contribution in [3.63, 3.8) is 0 Å². The minimum Gasteiger partial charge on any atom is -0.344 e. The van der Waals surface area contributed by atoms with E-state index in [1.165, 1.54) is 21.6 Å². The molecule has 0 aliphatic carbocycles. The third-order valence-corrected chi connectivity index (χ3v) is 7.15. The van der Waals surface area contributed by atoms with Gasteiger partial charge in [-0.2, -0.15) is 0 Å². The van der Waals surface area contributed by atoms with E-state index in [0.29, 0.717) is 31.5 Å². The van der Waals surface area contributed by atoms with Crippen LogP contribution in [0, 0.1) is 12.7 Å². The number of fused-ring (bicyclic) bond motifs is 1. The Morgan fingerprint density at radius 3 is 2.36 bits per heavy atom. The molecule has 0 saturated heterocycles. The van der Waals surface area contributed by atoms with Gasteiger partial charge in [0.1, 0.15) is 10.6 Å². The molecule has 1 amide bonds. The van der Waals surface area contributed by atoms with Crippen LogP contribution in [0.5, 0.6) is 0 Å². The van der Waals surface area contributed by atoms with Crippen LogP contribution in [0.25, 0.3) is 15.9 Å². The summed E-state index contributed by atoms with van der Waals surface area (Å²) in [5.41, 5.74) is 0.168. The number of amides is 1. The van der Waals surface area contributed by atoms with E-state index < -0.39 is 17.1 Å². The lowest BCUT2D eigenvalue weighted by molar-refractivity contribution is 0.0831. The fourth-order valence-electron chi connectivity index (χ4n) is 3.53. The number of carbonyl (C=O) groups is 1. The molecule has 0 unspecified atom stereocenters.